The van der Waals surface area contributed by atoms with E-state index in [4.69, 9.17) is 33.2 Å². The number of fused-ring (bicyclic) bond motifs is 6. The fourth-order valence-electron chi connectivity index (χ4n) is 7.37. The van der Waals surface area contributed by atoms with Gasteiger partial charge in [0.15, 0.2) is 0 Å². The van der Waals surface area contributed by atoms with Crippen LogP contribution in [0.5, 0.6) is 0 Å². The van der Waals surface area contributed by atoms with Gasteiger partial charge in [-0.15, -0.1) is 0 Å². The summed E-state index contributed by atoms with van der Waals surface area (Å²) in [5.41, 5.74) is 6.13. The highest BCUT2D eigenvalue weighted by molar-refractivity contribution is 6.34. The Labute approximate surface area is 307 Å². The lowest BCUT2D eigenvalue weighted by molar-refractivity contribution is -0.385. The number of rotatable bonds is 11. The molecule has 4 aromatic carbocycles. The Bertz CT molecular complexity index is 2520. The molecule has 10 nitrogen and oxygen atoms in total. The molecule has 0 spiro atoms. The lowest BCUT2D eigenvalue weighted by atomic mass is 10.1. The summed E-state index contributed by atoms with van der Waals surface area (Å²) in [7, 11) is 0. The third-order valence-corrected chi connectivity index (χ3v) is 10.4. The van der Waals surface area contributed by atoms with Crippen molar-refractivity contribution in [2.24, 2.45) is 0 Å². The van der Waals surface area contributed by atoms with E-state index >= 15 is 0 Å². The molecular weight excluding hydrogens is 699 g/mol. The molecule has 0 bridgehead atoms. The summed E-state index contributed by atoms with van der Waals surface area (Å²) in [5.74, 6) is 0. The standard InChI is InChI=1S/C40H30Cl2N6O4/c41-33-15-13-25(47(49)50)23-31(33)37-39-29(17-19-43-37)27-9-3-5-11-35(27)45(39)21-7-1-2-8-22-46-36-12-6-4-10-28(36)30-18-20-44-38(40(30)46)32-24-26(48(51)52)14-16-34(32)42/h3-6,9-20,23-24H,1-2,7-8,21-22H2. The zero-order valence-electron chi connectivity index (χ0n) is 27.7. The van der Waals surface area contributed by atoms with Gasteiger partial charge in [0.2, 0.25) is 0 Å². The Morgan fingerprint density at radius 2 is 0.962 bits per heavy atom. The van der Waals surface area contributed by atoms with Crippen LogP contribution in [0.2, 0.25) is 10.0 Å². The summed E-state index contributed by atoms with van der Waals surface area (Å²) in [6.45, 7) is 1.45. The van der Waals surface area contributed by atoms with Crippen LogP contribution in [0.25, 0.3) is 66.1 Å². The molecule has 0 fully saturated rings. The lowest BCUT2D eigenvalue weighted by Gasteiger charge is -2.13. The minimum atomic E-state index is -0.422. The Kier molecular flexibility index (Phi) is 8.78. The Morgan fingerprint density at radius 1 is 0.538 bits per heavy atom. The fourth-order valence-corrected chi connectivity index (χ4v) is 7.79. The number of unbranched alkanes of at least 4 members (excludes halogenated alkanes) is 3. The molecule has 12 heteroatoms. The Balaban J connectivity index is 1.07. The van der Waals surface area contributed by atoms with Crippen LogP contribution in [0.3, 0.4) is 0 Å². The topological polar surface area (TPSA) is 122 Å². The van der Waals surface area contributed by atoms with Gasteiger partial charge >= 0.3 is 0 Å². The first-order chi connectivity index (χ1) is 25.3. The summed E-state index contributed by atoms with van der Waals surface area (Å²) >= 11 is 13.2. The summed E-state index contributed by atoms with van der Waals surface area (Å²) < 4.78 is 4.52. The Morgan fingerprint density at radius 3 is 1.38 bits per heavy atom. The van der Waals surface area contributed by atoms with E-state index in [1.165, 1.54) is 24.3 Å². The number of nitrogens with zero attached hydrogens (tertiary/aromatic N) is 6. The van der Waals surface area contributed by atoms with E-state index in [9.17, 15) is 20.2 Å². The van der Waals surface area contributed by atoms with Crippen LogP contribution in [-0.4, -0.2) is 28.9 Å². The molecule has 0 saturated heterocycles. The van der Waals surface area contributed by atoms with Gasteiger partial charge in [-0.3, -0.25) is 30.2 Å². The predicted molar refractivity (Wildman–Crippen MR) is 207 cm³/mol. The number of para-hydroxylation sites is 2. The second-order valence-electron chi connectivity index (χ2n) is 12.7. The van der Waals surface area contributed by atoms with Crippen molar-refractivity contribution >= 4 is 78.2 Å². The summed E-state index contributed by atoms with van der Waals surface area (Å²) in [6, 6.07) is 29.3. The first kappa shape index (κ1) is 33.3. The summed E-state index contributed by atoms with van der Waals surface area (Å²) in [6.07, 6.45) is 7.17. The van der Waals surface area contributed by atoms with E-state index in [1.807, 2.05) is 36.4 Å². The Hall–Kier alpha value is -5.84. The molecule has 8 rings (SSSR count). The van der Waals surface area contributed by atoms with Crippen molar-refractivity contribution in [2.75, 3.05) is 0 Å². The maximum absolute atomic E-state index is 11.6. The van der Waals surface area contributed by atoms with Crippen LogP contribution in [0.1, 0.15) is 25.7 Å². The lowest BCUT2D eigenvalue weighted by Crippen LogP contribution is -2.02. The number of nitro benzene ring substituents is 2. The highest BCUT2D eigenvalue weighted by Crippen LogP contribution is 2.40. The predicted octanol–water partition coefficient (Wildman–Crippen LogP) is 11.4. The first-order valence-corrected chi connectivity index (χ1v) is 17.7. The molecule has 8 aromatic rings. The second kappa shape index (κ2) is 13.7. The van der Waals surface area contributed by atoms with Gasteiger partial charge in [0, 0.05) is 93.5 Å². The van der Waals surface area contributed by atoms with E-state index < -0.39 is 9.85 Å². The van der Waals surface area contributed by atoms with Gasteiger partial charge < -0.3 is 9.13 Å². The van der Waals surface area contributed by atoms with Gasteiger partial charge in [0.25, 0.3) is 11.4 Å². The number of halogens is 2. The van der Waals surface area contributed by atoms with Crippen LogP contribution < -0.4 is 0 Å². The maximum Gasteiger partial charge on any atom is 0.270 e. The number of non-ortho nitro benzene ring substituents is 2. The van der Waals surface area contributed by atoms with Crippen molar-refractivity contribution in [3.63, 3.8) is 0 Å². The van der Waals surface area contributed by atoms with Crippen molar-refractivity contribution in [1.82, 2.24) is 19.1 Å². The molecule has 52 heavy (non-hydrogen) atoms. The minimum Gasteiger partial charge on any atom is -0.339 e. The summed E-state index contributed by atoms with van der Waals surface area (Å²) in [4.78, 5) is 31.8. The number of aromatic nitrogens is 4. The molecule has 0 unspecified atom stereocenters. The summed E-state index contributed by atoms with van der Waals surface area (Å²) in [5, 5.41) is 28.3. The van der Waals surface area contributed by atoms with E-state index in [0.29, 0.717) is 32.6 Å². The van der Waals surface area contributed by atoms with Gasteiger partial charge in [-0.05, 0) is 49.2 Å². The number of hydrogen-bond acceptors (Lipinski definition) is 6. The number of benzene rings is 4. The quantitative estimate of drug-likeness (QED) is 0.0742. The van der Waals surface area contributed by atoms with Crippen molar-refractivity contribution in [1.29, 1.82) is 0 Å². The SMILES string of the molecule is O=[N+]([O-])c1ccc(Cl)c(-c2nccc3c4ccccc4n(CCCCCCn4c5ccccc5c5ccnc(-c6cc([N+](=O)[O-])ccc6Cl)c54)c23)c1. The van der Waals surface area contributed by atoms with Crippen molar-refractivity contribution in [2.45, 2.75) is 38.8 Å². The van der Waals surface area contributed by atoms with E-state index in [1.54, 1.807) is 24.5 Å². The molecule has 258 valence electrons. The van der Waals surface area contributed by atoms with E-state index in [-0.39, 0.29) is 11.4 Å². The maximum atomic E-state index is 11.6. The molecule has 0 amide bonds. The second-order valence-corrected chi connectivity index (χ2v) is 13.5. The van der Waals surface area contributed by atoms with Gasteiger partial charge in [-0.1, -0.05) is 72.4 Å². The van der Waals surface area contributed by atoms with Crippen LogP contribution in [0.4, 0.5) is 11.4 Å². The molecule has 0 aliphatic carbocycles. The van der Waals surface area contributed by atoms with Crippen LogP contribution >= 0.6 is 23.2 Å². The molecule has 0 radical (unpaired) electrons. The highest BCUT2D eigenvalue weighted by Gasteiger charge is 2.21. The van der Waals surface area contributed by atoms with Gasteiger partial charge in [-0.25, -0.2) is 0 Å². The number of nitro groups is 2. The van der Waals surface area contributed by atoms with Gasteiger partial charge in [-0.2, -0.15) is 0 Å². The average Bonchev–Trinajstić information content (AvgIpc) is 3.66. The zero-order valence-corrected chi connectivity index (χ0v) is 29.2. The number of aryl methyl sites for hydroxylation is 2. The molecule has 0 aliphatic heterocycles. The van der Waals surface area contributed by atoms with Crippen molar-refractivity contribution < 1.29 is 9.85 Å². The highest BCUT2D eigenvalue weighted by atomic mass is 35.5. The van der Waals surface area contributed by atoms with Crippen LogP contribution in [0, 0.1) is 20.2 Å². The molecule has 4 heterocycles. The van der Waals surface area contributed by atoms with E-state index in [0.717, 1.165) is 82.4 Å². The third-order valence-electron chi connectivity index (χ3n) is 9.70. The number of pyridine rings is 2. The number of hydrogen-bond donors (Lipinski definition) is 0. The largest absolute Gasteiger partial charge is 0.339 e. The minimum absolute atomic E-state index is 0.0415. The molecule has 0 N–H and O–H groups in total. The molecule has 0 aliphatic rings. The van der Waals surface area contributed by atoms with Crippen LogP contribution in [-0.2, 0) is 13.1 Å². The molecule has 0 atom stereocenters. The third kappa shape index (κ3) is 5.79. The van der Waals surface area contributed by atoms with Crippen molar-refractivity contribution in [3.8, 4) is 22.5 Å². The molecular formula is C40H30Cl2N6O4. The monoisotopic (exact) mass is 728 g/mol. The van der Waals surface area contributed by atoms with Gasteiger partial charge in [0.05, 0.1) is 42.3 Å². The molecule has 4 aromatic heterocycles. The molecule has 0 saturated carbocycles. The smallest absolute Gasteiger partial charge is 0.270 e. The zero-order chi connectivity index (χ0) is 35.9. The van der Waals surface area contributed by atoms with Crippen LogP contribution in [0.15, 0.2) is 109 Å². The fraction of sp³-hybridized carbons (Fsp3) is 0.150. The average molecular weight is 730 g/mol. The van der Waals surface area contributed by atoms with Gasteiger partial charge in [0.1, 0.15) is 0 Å². The first-order valence-electron chi connectivity index (χ1n) is 16.9. The van der Waals surface area contributed by atoms with E-state index in [2.05, 4.69) is 33.4 Å². The van der Waals surface area contributed by atoms with Crippen molar-refractivity contribution in [3.05, 3.63) is 140 Å². The normalized spacial score (nSPS) is 11.7.